The fourth-order valence-electron chi connectivity index (χ4n) is 2.77. The molecule has 0 radical (unpaired) electrons. The Hall–Kier alpha value is -1.84. The van der Waals surface area contributed by atoms with Crippen LogP contribution in [0.2, 0.25) is 0 Å². The number of hydrogen-bond acceptors (Lipinski definition) is 2. The van der Waals surface area contributed by atoms with Crippen LogP contribution in [0.3, 0.4) is 0 Å². The Balaban J connectivity index is 2.04. The molecular weight excluding hydrogens is 254 g/mol. The Morgan fingerprint density at radius 2 is 1.90 bits per heavy atom. The Kier molecular flexibility index (Phi) is 4.42. The van der Waals surface area contributed by atoms with E-state index in [4.69, 9.17) is 5.11 Å². The Morgan fingerprint density at radius 3 is 2.60 bits per heavy atom. The number of aliphatic carboxylic acids is 1. The van der Waals surface area contributed by atoms with Gasteiger partial charge in [0.25, 0.3) is 0 Å². The van der Waals surface area contributed by atoms with E-state index in [0.717, 1.165) is 29.7 Å². The number of rotatable bonds is 3. The second-order valence-corrected chi connectivity index (χ2v) is 5.64. The number of carboxylic acid groups (broad SMARTS) is 1. The van der Waals surface area contributed by atoms with Gasteiger partial charge in [-0.05, 0) is 50.3 Å². The molecule has 0 saturated heterocycles. The number of hydrogen-bond donors (Lipinski definition) is 2. The van der Waals surface area contributed by atoms with Crippen molar-refractivity contribution >= 4 is 17.6 Å². The monoisotopic (exact) mass is 275 g/mol. The van der Waals surface area contributed by atoms with E-state index in [1.165, 1.54) is 0 Å². The molecule has 2 unspecified atom stereocenters. The third kappa shape index (κ3) is 3.18. The smallest absolute Gasteiger partial charge is 0.306 e. The zero-order valence-electron chi connectivity index (χ0n) is 12.0. The third-order valence-electron chi connectivity index (χ3n) is 4.26. The molecule has 0 bridgehead atoms. The van der Waals surface area contributed by atoms with Crippen molar-refractivity contribution in [3.05, 3.63) is 29.3 Å². The standard InChI is InChI=1S/C16H21NO3/c1-10-5-3-8-14(11(10)2)17-15(18)12-6-4-7-13(9-12)16(19)20/h3,5,8,12-13H,4,6-7,9H2,1-2H3,(H,17,18)(H,19,20). The largest absolute Gasteiger partial charge is 0.481 e. The first-order valence-electron chi connectivity index (χ1n) is 7.09. The van der Waals surface area contributed by atoms with Gasteiger partial charge in [-0.25, -0.2) is 0 Å². The van der Waals surface area contributed by atoms with Crippen LogP contribution in [0.1, 0.15) is 36.8 Å². The van der Waals surface area contributed by atoms with Crippen molar-refractivity contribution in [2.24, 2.45) is 11.8 Å². The lowest BCUT2D eigenvalue weighted by Gasteiger charge is -2.26. The van der Waals surface area contributed by atoms with Gasteiger partial charge in [0.05, 0.1) is 5.92 Å². The number of carbonyl (C=O) groups is 2. The first kappa shape index (κ1) is 14.6. The minimum atomic E-state index is -0.783. The summed E-state index contributed by atoms with van der Waals surface area (Å²) in [6.07, 6.45) is 2.72. The SMILES string of the molecule is Cc1cccc(NC(=O)C2CCCC(C(=O)O)C2)c1C. The summed E-state index contributed by atoms with van der Waals surface area (Å²) in [6.45, 7) is 3.98. The number of nitrogens with one attached hydrogen (secondary N) is 1. The zero-order valence-corrected chi connectivity index (χ0v) is 12.0. The van der Waals surface area contributed by atoms with Gasteiger partial charge in [-0.15, -0.1) is 0 Å². The molecule has 0 aromatic heterocycles. The van der Waals surface area contributed by atoms with Crippen molar-refractivity contribution in [1.82, 2.24) is 0 Å². The molecule has 1 fully saturated rings. The van der Waals surface area contributed by atoms with E-state index in [9.17, 15) is 9.59 Å². The summed E-state index contributed by atoms with van der Waals surface area (Å²) >= 11 is 0. The van der Waals surface area contributed by atoms with Crippen LogP contribution >= 0.6 is 0 Å². The highest BCUT2D eigenvalue weighted by Crippen LogP contribution is 2.30. The number of carbonyl (C=O) groups excluding carboxylic acids is 1. The molecule has 2 rings (SSSR count). The zero-order chi connectivity index (χ0) is 14.7. The van der Waals surface area contributed by atoms with E-state index in [1.807, 2.05) is 32.0 Å². The highest BCUT2D eigenvalue weighted by Gasteiger charge is 2.31. The Labute approximate surface area is 119 Å². The van der Waals surface area contributed by atoms with Gasteiger partial charge in [-0.1, -0.05) is 18.6 Å². The predicted molar refractivity (Wildman–Crippen MR) is 77.6 cm³/mol. The van der Waals surface area contributed by atoms with Crippen LogP contribution in [0.4, 0.5) is 5.69 Å². The van der Waals surface area contributed by atoms with E-state index in [0.29, 0.717) is 12.8 Å². The molecule has 1 aliphatic carbocycles. The van der Waals surface area contributed by atoms with E-state index in [-0.39, 0.29) is 17.7 Å². The van der Waals surface area contributed by atoms with Crippen molar-refractivity contribution < 1.29 is 14.7 Å². The number of anilines is 1. The minimum absolute atomic E-state index is 0.0512. The van der Waals surface area contributed by atoms with Crippen molar-refractivity contribution in [1.29, 1.82) is 0 Å². The summed E-state index contributed by atoms with van der Waals surface area (Å²) in [5, 5.41) is 12.0. The molecule has 1 aliphatic rings. The molecule has 2 atom stereocenters. The first-order valence-corrected chi connectivity index (χ1v) is 7.09. The second-order valence-electron chi connectivity index (χ2n) is 5.64. The third-order valence-corrected chi connectivity index (χ3v) is 4.26. The lowest BCUT2D eigenvalue weighted by Crippen LogP contribution is -2.31. The summed E-state index contributed by atoms with van der Waals surface area (Å²) in [6, 6.07) is 5.81. The van der Waals surface area contributed by atoms with E-state index >= 15 is 0 Å². The number of aryl methyl sites for hydroxylation is 1. The molecule has 1 amide bonds. The van der Waals surface area contributed by atoms with Crippen molar-refractivity contribution in [3.8, 4) is 0 Å². The average Bonchev–Trinajstić information content (AvgIpc) is 2.44. The van der Waals surface area contributed by atoms with Crippen molar-refractivity contribution in [3.63, 3.8) is 0 Å². The number of amides is 1. The molecule has 1 aromatic carbocycles. The number of carboxylic acids is 1. The van der Waals surface area contributed by atoms with Gasteiger partial charge in [0, 0.05) is 11.6 Å². The maximum absolute atomic E-state index is 12.3. The molecule has 0 spiro atoms. The molecule has 1 aromatic rings. The summed E-state index contributed by atoms with van der Waals surface area (Å²) in [5.74, 6) is -1.40. The number of benzene rings is 1. The van der Waals surface area contributed by atoms with Crippen LogP contribution in [-0.4, -0.2) is 17.0 Å². The van der Waals surface area contributed by atoms with Gasteiger partial charge in [0.15, 0.2) is 0 Å². The van der Waals surface area contributed by atoms with Gasteiger partial charge >= 0.3 is 5.97 Å². The molecule has 4 heteroatoms. The summed E-state index contributed by atoms with van der Waals surface area (Å²) < 4.78 is 0. The summed E-state index contributed by atoms with van der Waals surface area (Å²) in [5.41, 5.74) is 3.02. The highest BCUT2D eigenvalue weighted by molar-refractivity contribution is 5.93. The predicted octanol–water partition coefficient (Wildman–Crippen LogP) is 3.13. The van der Waals surface area contributed by atoms with Gasteiger partial charge in [-0.3, -0.25) is 9.59 Å². The van der Waals surface area contributed by atoms with Crippen LogP contribution in [0.15, 0.2) is 18.2 Å². The van der Waals surface area contributed by atoms with E-state index < -0.39 is 5.97 Å². The molecule has 4 nitrogen and oxygen atoms in total. The van der Waals surface area contributed by atoms with Crippen LogP contribution in [0.25, 0.3) is 0 Å². The van der Waals surface area contributed by atoms with Crippen LogP contribution in [-0.2, 0) is 9.59 Å². The molecule has 0 heterocycles. The lowest BCUT2D eigenvalue weighted by molar-refractivity contribution is -0.143. The van der Waals surface area contributed by atoms with Gasteiger partial charge < -0.3 is 10.4 Å². The maximum atomic E-state index is 12.3. The first-order chi connectivity index (χ1) is 9.49. The summed E-state index contributed by atoms with van der Waals surface area (Å²) in [7, 11) is 0. The molecule has 108 valence electrons. The van der Waals surface area contributed by atoms with E-state index in [1.54, 1.807) is 0 Å². The molecule has 1 saturated carbocycles. The quantitative estimate of drug-likeness (QED) is 0.890. The Morgan fingerprint density at radius 1 is 1.20 bits per heavy atom. The fourth-order valence-corrected chi connectivity index (χ4v) is 2.77. The van der Waals surface area contributed by atoms with Crippen molar-refractivity contribution in [2.75, 3.05) is 5.32 Å². The Bertz CT molecular complexity index is 524. The van der Waals surface area contributed by atoms with Gasteiger partial charge in [0.2, 0.25) is 5.91 Å². The van der Waals surface area contributed by atoms with Crippen LogP contribution in [0, 0.1) is 25.7 Å². The van der Waals surface area contributed by atoms with Gasteiger partial charge in [0.1, 0.15) is 0 Å². The normalized spacial score (nSPS) is 22.3. The van der Waals surface area contributed by atoms with E-state index in [2.05, 4.69) is 5.32 Å². The highest BCUT2D eigenvalue weighted by atomic mass is 16.4. The molecule has 20 heavy (non-hydrogen) atoms. The second kappa shape index (κ2) is 6.07. The van der Waals surface area contributed by atoms with Crippen LogP contribution in [0.5, 0.6) is 0 Å². The van der Waals surface area contributed by atoms with Gasteiger partial charge in [-0.2, -0.15) is 0 Å². The molecular formula is C16H21NO3. The minimum Gasteiger partial charge on any atom is -0.481 e. The lowest BCUT2D eigenvalue weighted by atomic mass is 9.81. The van der Waals surface area contributed by atoms with Crippen LogP contribution < -0.4 is 5.32 Å². The average molecular weight is 275 g/mol. The molecule has 0 aliphatic heterocycles. The fraction of sp³-hybridized carbons (Fsp3) is 0.500. The molecule has 2 N–H and O–H groups in total. The maximum Gasteiger partial charge on any atom is 0.306 e. The topological polar surface area (TPSA) is 66.4 Å². The van der Waals surface area contributed by atoms with Crippen molar-refractivity contribution in [2.45, 2.75) is 39.5 Å². The summed E-state index contributed by atoms with van der Waals surface area (Å²) in [4.78, 5) is 23.3.